The van der Waals surface area contributed by atoms with Gasteiger partial charge in [0.1, 0.15) is 12.2 Å². The first kappa shape index (κ1) is 15.1. The Morgan fingerprint density at radius 2 is 2.04 bits per heavy atom. The zero-order valence-corrected chi connectivity index (χ0v) is 12.7. The molecule has 7 heteroatoms. The molecule has 120 valence electrons. The molecule has 0 bridgehead atoms. The van der Waals surface area contributed by atoms with E-state index in [0.717, 1.165) is 5.56 Å². The molecule has 1 aliphatic rings. The van der Waals surface area contributed by atoms with Crippen LogP contribution in [0.5, 0.6) is 0 Å². The van der Waals surface area contributed by atoms with Crippen LogP contribution in [0.15, 0.2) is 36.5 Å². The molecule has 7 nitrogen and oxygen atoms in total. The van der Waals surface area contributed by atoms with Crippen molar-refractivity contribution in [2.45, 2.75) is 26.1 Å². The van der Waals surface area contributed by atoms with Crippen LogP contribution in [0.4, 0.5) is 4.79 Å². The van der Waals surface area contributed by atoms with E-state index in [4.69, 9.17) is 4.74 Å². The van der Waals surface area contributed by atoms with Crippen LogP contribution < -0.4 is 0 Å². The summed E-state index contributed by atoms with van der Waals surface area (Å²) < 4.78 is 6.97. The van der Waals surface area contributed by atoms with Gasteiger partial charge in [0.15, 0.2) is 0 Å². The van der Waals surface area contributed by atoms with Crippen molar-refractivity contribution in [3.05, 3.63) is 53.3 Å². The fourth-order valence-corrected chi connectivity index (χ4v) is 2.77. The highest BCUT2D eigenvalue weighted by atomic mass is 16.6. The number of fused-ring (bicyclic) bond motifs is 1. The van der Waals surface area contributed by atoms with E-state index in [0.29, 0.717) is 18.8 Å². The van der Waals surface area contributed by atoms with Crippen molar-refractivity contribution >= 4 is 12.1 Å². The first-order chi connectivity index (χ1) is 11.1. The van der Waals surface area contributed by atoms with Gasteiger partial charge in [0, 0.05) is 6.54 Å². The summed E-state index contributed by atoms with van der Waals surface area (Å²) in [6.45, 7) is 2.85. The van der Waals surface area contributed by atoms with E-state index in [1.807, 2.05) is 30.3 Å². The molecular weight excluding hydrogens is 298 g/mol. The summed E-state index contributed by atoms with van der Waals surface area (Å²) in [5.41, 5.74) is 1.56. The average Bonchev–Trinajstić information content (AvgIpc) is 2.99. The molecule has 3 rings (SSSR count). The van der Waals surface area contributed by atoms with E-state index in [1.165, 1.54) is 11.1 Å². The second kappa shape index (κ2) is 6.12. The zero-order chi connectivity index (χ0) is 16.4. The van der Waals surface area contributed by atoms with E-state index >= 15 is 0 Å². The van der Waals surface area contributed by atoms with E-state index in [2.05, 4.69) is 5.10 Å². The third-order valence-corrected chi connectivity index (χ3v) is 3.97. The van der Waals surface area contributed by atoms with Gasteiger partial charge in [-0.05, 0) is 12.5 Å². The number of carbonyl (C=O) groups excluding carboxylic acids is 1. The molecule has 1 unspecified atom stereocenters. The molecule has 0 radical (unpaired) electrons. The van der Waals surface area contributed by atoms with Crippen molar-refractivity contribution in [2.75, 3.05) is 6.54 Å². The predicted octanol–water partition coefficient (Wildman–Crippen LogP) is 2.29. The van der Waals surface area contributed by atoms with Crippen LogP contribution >= 0.6 is 0 Å². The van der Waals surface area contributed by atoms with E-state index in [-0.39, 0.29) is 12.2 Å². The lowest BCUT2D eigenvalue weighted by molar-refractivity contribution is 0.0654. The largest absolute Gasteiger partial charge is 0.478 e. The van der Waals surface area contributed by atoms with Gasteiger partial charge in [-0.25, -0.2) is 9.59 Å². The minimum atomic E-state index is -1.04. The highest BCUT2D eigenvalue weighted by Crippen LogP contribution is 2.28. The SMILES string of the molecule is CC1c2c(C(=O)O)cnn2CCN1C(=O)OCc1ccccc1. The number of carboxylic acid groups (broad SMARTS) is 1. The molecule has 1 aromatic heterocycles. The van der Waals surface area contributed by atoms with Crippen molar-refractivity contribution in [1.82, 2.24) is 14.7 Å². The fraction of sp³-hybridized carbons (Fsp3) is 0.312. The van der Waals surface area contributed by atoms with Gasteiger partial charge in [0.2, 0.25) is 0 Å². The molecule has 0 saturated heterocycles. The number of hydrogen-bond acceptors (Lipinski definition) is 4. The van der Waals surface area contributed by atoms with Crippen molar-refractivity contribution in [2.24, 2.45) is 0 Å². The highest BCUT2D eigenvalue weighted by Gasteiger charge is 2.33. The van der Waals surface area contributed by atoms with E-state index < -0.39 is 18.1 Å². The van der Waals surface area contributed by atoms with Crippen LogP contribution in [0.2, 0.25) is 0 Å². The number of hydrogen-bond donors (Lipinski definition) is 1. The first-order valence-electron chi connectivity index (χ1n) is 7.34. The quantitative estimate of drug-likeness (QED) is 0.939. The van der Waals surface area contributed by atoms with Gasteiger partial charge in [-0.3, -0.25) is 9.58 Å². The number of benzene rings is 1. The lowest BCUT2D eigenvalue weighted by Gasteiger charge is -2.33. The average molecular weight is 315 g/mol. The third-order valence-electron chi connectivity index (χ3n) is 3.97. The molecule has 2 heterocycles. The number of nitrogens with zero attached hydrogens (tertiary/aromatic N) is 3. The molecule has 1 aliphatic heterocycles. The van der Waals surface area contributed by atoms with Crippen LogP contribution in [-0.4, -0.2) is 38.4 Å². The van der Waals surface area contributed by atoms with Gasteiger partial charge in [0.05, 0.1) is 24.5 Å². The summed E-state index contributed by atoms with van der Waals surface area (Å²) in [5, 5.41) is 13.3. The normalized spacial score (nSPS) is 16.7. The van der Waals surface area contributed by atoms with E-state index in [9.17, 15) is 14.7 Å². The Morgan fingerprint density at radius 3 is 2.74 bits per heavy atom. The number of carboxylic acids is 1. The smallest absolute Gasteiger partial charge is 0.410 e. The van der Waals surface area contributed by atoms with Crippen LogP contribution in [0, 0.1) is 0 Å². The summed E-state index contributed by atoms with van der Waals surface area (Å²) in [4.78, 5) is 25.1. The minimum Gasteiger partial charge on any atom is -0.478 e. The maximum atomic E-state index is 12.3. The number of ether oxygens (including phenoxy) is 1. The molecule has 1 atom stereocenters. The van der Waals surface area contributed by atoms with Gasteiger partial charge >= 0.3 is 12.1 Å². The second-order valence-corrected chi connectivity index (χ2v) is 5.38. The molecule has 0 saturated carbocycles. The Bertz CT molecular complexity index is 726. The van der Waals surface area contributed by atoms with Gasteiger partial charge in [-0.1, -0.05) is 30.3 Å². The van der Waals surface area contributed by atoms with Crippen LogP contribution in [0.3, 0.4) is 0 Å². The molecule has 1 amide bonds. The Labute approximate surface area is 133 Å². The Hall–Kier alpha value is -2.83. The molecular formula is C16H17N3O4. The monoisotopic (exact) mass is 315 g/mol. The number of rotatable bonds is 3. The third kappa shape index (κ3) is 2.90. The minimum absolute atomic E-state index is 0.123. The van der Waals surface area contributed by atoms with Crippen LogP contribution in [0.25, 0.3) is 0 Å². The van der Waals surface area contributed by atoms with Gasteiger partial charge in [-0.2, -0.15) is 5.10 Å². The summed E-state index contributed by atoms with van der Waals surface area (Å²) in [7, 11) is 0. The Balaban J connectivity index is 1.72. The molecule has 0 aliphatic carbocycles. The van der Waals surface area contributed by atoms with Crippen molar-refractivity contribution < 1.29 is 19.4 Å². The maximum Gasteiger partial charge on any atom is 0.410 e. The predicted molar refractivity (Wildman–Crippen MR) is 80.9 cm³/mol. The molecule has 2 aromatic rings. The van der Waals surface area contributed by atoms with Crippen LogP contribution in [-0.2, 0) is 17.9 Å². The molecule has 0 spiro atoms. The van der Waals surface area contributed by atoms with Crippen molar-refractivity contribution in [3.8, 4) is 0 Å². The summed E-state index contributed by atoms with van der Waals surface area (Å²) >= 11 is 0. The molecule has 1 N–H and O–H groups in total. The fourth-order valence-electron chi connectivity index (χ4n) is 2.77. The van der Waals surface area contributed by atoms with E-state index in [1.54, 1.807) is 11.6 Å². The van der Waals surface area contributed by atoms with Gasteiger partial charge in [-0.15, -0.1) is 0 Å². The number of aromatic nitrogens is 2. The number of carbonyl (C=O) groups is 2. The first-order valence-corrected chi connectivity index (χ1v) is 7.34. The van der Waals surface area contributed by atoms with Crippen LogP contribution in [0.1, 0.15) is 34.6 Å². The maximum absolute atomic E-state index is 12.3. The van der Waals surface area contributed by atoms with Crippen molar-refractivity contribution in [3.63, 3.8) is 0 Å². The molecule has 1 aromatic carbocycles. The lowest BCUT2D eigenvalue weighted by Crippen LogP contribution is -2.42. The molecule has 23 heavy (non-hydrogen) atoms. The number of aromatic carboxylic acids is 1. The zero-order valence-electron chi connectivity index (χ0n) is 12.7. The second-order valence-electron chi connectivity index (χ2n) is 5.38. The summed E-state index contributed by atoms with van der Waals surface area (Å²) in [6, 6.07) is 9.01. The number of amides is 1. The Kier molecular flexibility index (Phi) is 4.01. The van der Waals surface area contributed by atoms with Gasteiger partial charge < -0.3 is 9.84 Å². The topological polar surface area (TPSA) is 84.7 Å². The van der Waals surface area contributed by atoms with Crippen molar-refractivity contribution in [1.29, 1.82) is 0 Å². The summed E-state index contributed by atoms with van der Waals surface area (Å²) in [6.07, 6.45) is 0.873. The Morgan fingerprint density at radius 1 is 1.30 bits per heavy atom. The summed E-state index contributed by atoms with van der Waals surface area (Å²) in [5.74, 6) is -1.04. The standard InChI is InChI=1S/C16H17N3O4/c1-11-14-13(15(20)21)9-17-19(14)8-7-18(11)16(22)23-10-12-5-3-2-4-6-12/h2-6,9,11H,7-8,10H2,1H3,(H,20,21). The van der Waals surface area contributed by atoms with Gasteiger partial charge in [0.25, 0.3) is 0 Å². The highest BCUT2D eigenvalue weighted by molar-refractivity contribution is 5.89. The lowest BCUT2D eigenvalue weighted by atomic mass is 10.1. The molecule has 0 fully saturated rings.